The highest BCUT2D eigenvalue weighted by Crippen LogP contribution is 2.27. The van der Waals surface area contributed by atoms with E-state index < -0.39 is 0 Å². The van der Waals surface area contributed by atoms with Crippen molar-refractivity contribution in [1.82, 2.24) is 24.6 Å². The van der Waals surface area contributed by atoms with Crippen molar-refractivity contribution in [2.75, 3.05) is 23.7 Å². The van der Waals surface area contributed by atoms with Crippen LogP contribution >= 0.6 is 11.6 Å². The molecule has 0 saturated heterocycles. The molecule has 4 aromatic rings. The van der Waals surface area contributed by atoms with E-state index in [1.807, 2.05) is 31.2 Å². The van der Waals surface area contributed by atoms with Crippen LogP contribution in [0.5, 0.6) is 0 Å². The fourth-order valence-corrected chi connectivity index (χ4v) is 2.84. The van der Waals surface area contributed by atoms with Crippen molar-refractivity contribution in [2.24, 2.45) is 0 Å². The first-order chi connectivity index (χ1) is 12.2. The van der Waals surface area contributed by atoms with Crippen LogP contribution in [-0.2, 0) is 0 Å². The third kappa shape index (κ3) is 2.94. The number of hydrogen-bond acceptors (Lipinski definition) is 6. The zero-order chi connectivity index (χ0) is 17.2. The zero-order valence-electron chi connectivity index (χ0n) is 13.6. The van der Waals surface area contributed by atoms with Gasteiger partial charge in [-0.25, -0.2) is 14.5 Å². The number of aromatic nitrogens is 5. The molecule has 3 heterocycles. The molecule has 0 saturated carbocycles. The van der Waals surface area contributed by atoms with Crippen LogP contribution in [0.4, 0.5) is 11.6 Å². The highest BCUT2D eigenvalue weighted by molar-refractivity contribution is 6.34. The molecule has 0 aliphatic carbocycles. The predicted molar refractivity (Wildman–Crippen MR) is 99.3 cm³/mol. The minimum absolute atomic E-state index is 0.575. The average molecular weight is 354 g/mol. The molecule has 126 valence electrons. The smallest absolute Gasteiger partial charge is 0.176 e. The number of halogens is 1. The van der Waals surface area contributed by atoms with Crippen LogP contribution in [0.15, 0.2) is 42.9 Å². The SMILES string of the molecule is Cc1nn2c(nc(NCCNc3cnccn3)c3ccccc32)c1Cl. The van der Waals surface area contributed by atoms with E-state index in [4.69, 9.17) is 11.6 Å². The number of para-hydroxylation sites is 1. The Bertz CT molecular complexity index is 1030. The summed E-state index contributed by atoms with van der Waals surface area (Å²) in [5, 5.41) is 12.6. The molecule has 0 amide bonds. The van der Waals surface area contributed by atoms with E-state index in [0.29, 0.717) is 23.8 Å². The molecule has 0 bridgehead atoms. The normalized spacial score (nSPS) is 11.1. The minimum atomic E-state index is 0.575. The van der Waals surface area contributed by atoms with Crippen molar-refractivity contribution < 1.29 is 0 Å². The monoisotopic (exact) mass is 353 g/mol. The van der Waals surface area contributed by atoms with Gasteiger partial charge in [0.15, 0.2) is 5.65 Å². The summed E-state index contributed by atoms with van der Waals surface area (Å²) in [5.41, 5.74) is 2.38. The first kappa shape index (κ1) is 15.6. The lowest BCUT2D eigenvalue weighted by molar-refractivity contribution is 0.953. The zero-order valence-corrected chi connectivity index (χ0v) is 14.3. The quantitative estimate of drug-likeness (QED) is 0.536. The summed E-state index contributed by atoms with van der Waals surface area (Å²) in [6.45, 7) is 3.24. The van der Waals surface area contributed by atoms with Gasteiger partial charge in [-0.3, -0.25) is 4.98 Å². The van der Waals surface area contributed by atoms with E-state index >= 15 is 0 Å². The van der Waals surface area contributed by atoms with Crippen molar-refractivity contribution in [3.05, 3.63) is 53.6 Å². The van der Waals surface area contributed by atoms with Gasteiger partial charge in [-0.2, -0.15) is 5.10 Å². The van der Waals surface area contributed by atoms with Crippen LogP contribution in [0.2, 0.25) is 5.02 Å². The van der Waals surface area contributed by atoms with E-state index in [0.717, 1.165) is 28.2 Å². The summed E-state index contributed by atoms with van der Waals surface area (Å²) in [6, 6.07) is 7.99. The minimum Gasteiger partial charge on any atom is -0.368 e. The maximum Gasteiger partial charge on any atom is 0.176 e. The summed E-state index contributed by atoms with van der Waals surface area (Å²) in [5.74, 6) is 1.53. The van der Waals surface area contributed by atoms with Gasteiger partial charge >= 0.3 is 0 Å². The Morgan fingerprint density at radius 1 is 1.12 bits per heavy atom. The van der Waals surface area contributed by atoms with Gasteiger partial charge in [-0.05, 0) is 19.1 Å². The fraction of sp³-hybridized carbons (Fsp3) is 0.176. The molecule has 0 spiro atoms. The van der Waals surface area contributed by atoms with Crippen LogP contribution in [0.1, 0.15) is 5.69 Å². The van der Waals surface area contributed by atoms with E-state index in [2.05, 4.69) is 30.7 Å². The Hall–Kier alpha value is -2.93. The van der Waals surface area contributed by atoms with Crippen molar-refractivity contribution in [3.63, 3.8) is 0 Å². The van der Waals surface area contributed by atoms with Crippen molar-refractivity contribution in [1.29, 1.82) is 0 Å². The van der Waals surface area contributed by atoms with Gasteiger partial charge in [0, 0.05) is 30.9 Å². The average Bonchev–Trinajstić information content (AvgIpc) is 2.94. The molecule has 3 aromatic heterocycles. The Balaban J connectivity index is 1.60. The summed E-state index contributed by atoms with van der Waals surface area (Å²) in [7, 11) is 0. The second kappa shape index (κ2) is 6.52. The van der Waals surface area contributed by atoms with Crippen LogP contribution in [-0.4, -0.2) is 37.7 Å². The number of nitrogens with zero attached hydrogens (tertiary/aromatic N) is 5. The highest BCUT2D eigenvalue weighted by atomic mass is 35.5. The second-order valence-corrected chi connectivity index (χ2v) is 5.93. The van der Waals surface area contributed by atoms with Crippen molar-refractivity contribution in [2.45, 2.75) is 6.92 Å². The van der Waals surface area contributed by atoms with E-state index in [1.54, 1.807) is 23.1 Å². The van der Waals surface area contributed by atoms with Crippen LogP contribution < -0.4 is 10.6 Å². The number of fused-ring (bicyclic) bond motifs is 3. The standard InChI is InChI=1S/C17H16ClN7/c1-11-15(18)17-23-16(12-4-2-3-5-13(12)25(17)24-11)22-9-8-21-14-10-19-6-7-20-14/h2-7,10H,8-9H2,1H3,(H,20,21)(H,22,23). The van der Waals surface area contributed by atoms with Gasteiger partial charge in [0.05, 0.1) is 17.4 Å². The molecule has 0 atom stereocenters. The summed E-state index contributed by atoms with van der Waals surface area (Å²) < 4.78 is 1.79. The highest BCUT2D eigenvalue weighted by Gasteiger charge is 2.14. The van der Waals surface area contributed by atoms with Crippen molar-refractivity contribution in [3.8, 4) is 0 Å². The number of benzene rings is 1. The van der Waals surface area contributed by atoms with Crippen LogP contribution in [0, 0.1) is 6.92 Å². The molecule has 8 heteroatoms. The van der Waals surface area contributed by atoms with Gasteiger partial charge in [0.2, 0.25) is 0 Å². The molecule has 4 rings (SSSR count). The molecule has 2 N–H and O–H groups in total. The molecule has 0 fully saturated rings. The topological polar surface area (TPSA) is 80.0 Å². The largest absolute Gasteiger partial charge is 0.368 e. The summed E-state index contributed by atoms with van der Waals surface area (Å²) >= 11 is 6.35. The predicted octanol–water partition coefficient (Wildman–Crippen LogP) is 3.16. The van der Waals surface area contributed by atoms with E-state index in [-0.39, 0.29) is 0 Å². The number of hydrogen-bond donors (Lipinski definition) is 2. The maximum atomic E-state index is 6.35. The van der Waals surface area contributed by atoms with Crippen molar-refractivity contribution >= 4 is 39.8 Å². The lowest BCUT2D eigenvalue weighted by atomic mass is 10.2. The van der Waals surface area contributed by atoms with Gasteiger partial charge < -0.3 is 10.6 Å². The Labute approximate surface area is 149 Å². The first-order valence-corrected chi connectivity index (χ1v) is 8.29. The first-order valence-electron chi connectivity index (χ1n) is 7.91. The van der Waals surface area contributed by atoms with Gasteiger partial charge in [0.25, 0.3) is 0 Å². The molecule has 1 aromatic carbocycles. The molecule has 25 heavy (non-hydrogen) atoms. The maximum absolute atomic E-state index is 6.35. The molecule has 0 radical (unpaired) electrons. The summed E-state index contributed by atoms with van der Waals surface area (Å²) in [4.78, 5) is 12.9. The summed E-state index contributed by atoms with van der Waals surface area (Å²) in [6.07, 6.45) is 4.99. The fourth-order valence-electron chi connectivity index (χ4n) is 2.68. The number of nitrogens with one attached hydrogen (secondary N) is 2. The molecular weight excluding hydrogens is 338 g/mol. The number of anilines is 2. The van der Waals surface area contributed by atoms with Gasteiger partial charge in [-0.15, -0.1) is 0 Å². The van der Waals surface area contributed by atoms with Crippen LogP contribution in [0.25, 0.3) is 16.6 Å². The molecule has 0 unspecified atom stereocenters. The molecule has 0 aliphatic rings. The number of aryl methyl sites for hydroxylation is 1. The van der Waals surface area contributed by atoms with E-state index in [1.165, 1.54) is 0 Å². The van der Waals surface area contributed by atoms with Gasteiger partial charge in [0.1, 0.15) is 16.7 Å². The Morgan fingerprint density at radius 2 is 1.96 bits per heavy atom. The van der Waals surface area contributed by atoms with Gasteiger partial charge in [-0.1, -0.05) is 23.7 Å². The molecule has 0 aliphatic heterocycles. The van der Waals surface area contributed by atoms with E-state index in [9.17, 15) is 0 Å². The second-order valence-electron chi connectivity index (χ2n) is 5.56. The Kier molecular flexibility index (Phi) is 4.07. The Morgan fingerprint density at radius 3 is 2.80 bits per heavy atom. The lowest BCUT2D eigenvalue weighted by Gasteiger charge is -2.11. The van der Waals surface area contributed by atoms with Crippen LogP contribution in [0.3, 0.4) is 0 Å². The molecule has 7 nitrogen and oxygen atoms in total. The lowest BCUT2D eigenvalue weighted by Crippen LogP contribution is -2.15. The third-order valence-electron chi connectivity index (χ3n) is 3.86. The molecular formula is C17H16ClN7. The number of rotatable bonds is 5. The third-order valence-corrected chi connectivity index (χ3v) is 4.30.